The summed E-state index contributed by atoms with van der Waals surface area (Å²) in [5.41, 5.74) is 0. The average molecular weight is 326 g/mol. The molecular formula is C13H26O9. The molecule has 9 atom stereocenters. The van der Waals surface area contributed by atoms with Gasteiger partial charge in [-0.1, -0.05) is 0 Å². The molecule has 22 heavy (non-hydrogen) atoms. The van der Waals surface area contributed by atoms with Gasteiger partial charge in [-0.05, 0) is 18.8 Å². The molecule has 0 radical (unpaired) electrons. The Kier molecular flexibility index (Phi) is 7.59. The van der Waals surface area contributed by atoms with Gasteiger partial charge in [0.25, 0.3) is 0 Å². The van der Waals surface area contributed by atoms with E-state index < -0.39 is 67.8 Å². The summed E-state index contributed by atoms with van der Waals surface area (Å²) in [6.07, 6.45) is -10.9. The highest BCUT2D eigenvalue weighted by molar-refractivity contribution is 4.93. The summed E-state index contributed by atoms with van der Waals surface area (Å²) in [6, 6.07) is 0. The van der Waals surface area contributed by atoms with Crippen LogP contribution in [0.2, 0.25) is 0 Å². The number of hydrogen-bond donors (Lipinski definition) is 9. The predicted octanol–water partition coefficient (Wildman–Crippen LogP) is -4.48. The molecule has 9 unspecified atom stereocenters. The summed E-state index contributed by atoms with van der Waals surface area (Å²) < 4.78 is 0. The minimum absolute atomic E-state index is 0.119. The Balaban J connectivity index is 2.62. The fraction of sp³-hybridized carbons (Fsp3) is 1.00. The Morgan fingerprint density at radius 2 is 1.36 bits per heavy atom. The molecule has 0 bridgehead atoms. The van der Waals surface area contributed by atoms with E-state index in [-0.39, 0.29) is 12.8 Å². The van der Waals surface area contributed by atoms with Crippen molar-refractivity contribution >= 4 is 0 Å². The third-order valence-electron chi connectivity index (χ3n) is 4.41. The summed E-state index contributed by atoms with van der Waals surface area (Å²) in [5, 5.41) is 85.3. The Morgan fingerprint density at radius 3 is 1.86 bits per heavy atom. The van der Waals surface area contributed by atoms with Crippen molar-refractivity contribution in [3.05, 3.63) is 0 Å². The highest BCUT2D eigenvalue weighted by atomic mass is 16.4. The van der Waals surface area contributed by atoms with E-state index in [0.717, 1.165) is 0 Å². The molecule has 0 aromatic heterocycles. The van der Waals surface area contributed by atoms with Crippen molar-refractivity contribution in [1.82, 2.24) is 0 Å². The molecule has 0 saturated heterocycles. The van der Waals surface area contributed by atoms with Gasteiger partial charge in [-0.3, -0.25) is 0 Å². The van der Waals surface area contributed by atoms with Crippen LogP contribution in [-0.2, 0) is 0 Å². The molecular weight excluding hydrogens is 300 g/mol. The first-order valence-electron chi connectivity index (χ1n) is 7.22. The van der Waals surface area contributed by atoms with Crippen LogP contribution in [0.3, 0.4) is 0 Å². The zero-order chi connectivity index (χ0) is 17.0. The summed E-state index contributed by atoms with van der Waals surface area (Å²) in [6.45, 7) is -1.23. The molecule has 1 saturated carbocycles. The lowest BCUT2D eigenvalue weighted by atomic mass is 9.87. The second kappa shape index (κ2) is 8.48. The van der Waals surface area contributed by atoms with E-state index in [0.29, 0.717) is 0 Å². The van der Waals surface area contributed by atoms with E-state index in [1.165, 1.54) is 0 Å². The maximum absolute atomic E-state index is 9.93. The molecule has 9 nitrogen and oxygen atoms in total. The second-order valence-electron chi connectivity index (χ2n) is 5.92. The largest absolute Gasteiger partial charge is 0.396 e. The van der Waals surface area contributed by atoms with Gasteiger partial charge >= 0.3 is 0 Å². The lowest BCUT2D eigenvalue weighted by molar-refractivity contribution is -0.143. The minimum atomic E-state index is -1.89. The van der Waals surface area contributed by atoms with Crippen LogP contribution in [0.1, 0.15) is 12.8 Å². The summed E-state index contributed by atoms with van der Waals surface area (Å²) in [4.78, 5) is 0. The molecule has 1 rings (SSSR count). The molecule has 0 amide bonds. The van der Waals surface area contributed by atoms with Crippen LogP contribution >= 0.6 is 0 Å². The van der Waals surface area contributed by atoms with E-state index in [1.807, 2.05) is 0 Å². The molecule has 1 fully saturated rings. The Labute approximate surface area is 127 Å². The zero-order valence-electron chi connectivity index (χ0n) is 12.0. The van der Waals surface area contributed by atoms with Crippen molar-refractivity contribution in [2.75, 3.05) is 13.2 Å². The number of hydrogen-bond acceptors (Lipinski definition) is 9. The highest BCUT2D eigenvalue weighted by Crippen LogP contribution is 2.36. The standard InChI is InChI=1S/C13H26O9/c14-3-6-5(1-7(16)10(6)19)2-8(17)11(20)13(22)12(21)9(18)4-15/h5-22H,1-4H2. The molecule has 9 heteroatoms. The van der Waals surface area contributed by atoms with Crippen LogP contribution in [-0.4, -0.2) is 102 Å². The van der Waals surface area contributed by atoms with E-state index in [4.69, 9.17) is 5.11 Å². The van der Waals surface area contributed by atoms with Crippen LogP contribution in [0, 0.1) is 11.8 Å². The fourth-order valence-electron chi connectivity index (χ4n) is 2.93. The lowest BCUT2D eigenvalue weighted by Crippen LogP contribution is -2.50. The monoisotopic (exact) mass is 326 g/mol. The van der Waals surface area contributed by atoms with Gasteiger partial charge in [0.15, 0.2) is 0 Å². The van der Waals surface area contributed by atoms with Crippen molar-refractivity contribution in [2.24, 2.45) is 11.8 Å². The van der Waals surface area contributed by atoms with Crippen LogP contribution < -0.4 is 0 Å². The first kappa shape index (κ1) is 19.7. The maximum atomic E-state index is 9.93. The van der Waals surface area contributed by atoms with Gasteiger partial charge in [-0.2, -0.15) is 0 Å². The SMILES string of the molecule is OCC(O)C(O)C(O)C(O)C(O)CC1CC(O)C(O)C1CO. The third kappa shape index (κ3) is 4.34. The molecule has 0 aromatic rings. The minimum Gasteiger partial charge on any atom is -0.396 e. The molecule has 0 spiro atoms. The fourth-order valence-corrected chi connectivity index (χ4v) is 2.93. The Morgan fingerprint density at radius 1 is 0.818 bits per heavy atom. The van der Waals surface area contributed by atoms with Crippen LogP contribution in [0.4, 0.5) is 0 Å². The quantitative estimate of drug-likeness (QED) is 0.212. The van der Waals surface area contributed by atoms with E-state index in [9.17, 15) is 40.9 Å². The van der Waals surface area contributed by atoms with E-state index in [1.54, 1.807) is 0 Å². The molecule has 0 heterocycles. The molecule has 0 aliphatic heterocycles. The highest BCUT2D eigenvalue weighted by Gasteiger charge is 2.43. The number of rotatable bonds is 8. The van der Waals surface area contributed by atoms with Gasteiger partial charge in [0.1, 0.15) is 24.4 Å². The molecule has 1 aliphatic carbocycles. The molecule has 132 valence electrons. The zero-order valence-corrected chi connectivity index (χ0v) is 12.0. The molecule has 1 aliphatic rings. The van der Waals surface area contributed by atoms with Crippen molar-refractivity contribution in [3.8, 4) is 0 Å². The first-order chi connectivity index (χ1) is 10.2. The maximum Gasteiger partial charge on any atom is 0.111 e. The van der Waals surface area contributed by atoms with E-state index in [2.05, 4.69) is 0 Å². The summed E-state index contributed by atoms with van der Waals surface area (Å²) in [5.74, 6) is -1.14. The van der Waals surface area contributed by atoms with Gasteiger partial charge in [-0.25, -0.2) is 0 Å². The molecule has 0 aromatic carbocycles. The molecule has 9 N–H and O–H groups in total. The Hall–Kier alpha value is -0.360. The second-order valence-corrected chi connectivity index (χ2v) is 5.92. The third-order valence-corrected chi connectivity index (χ3v) is 4.41. The predicted molar refractivity (Wildman–Crippen MR) is 72.4 cm³/mol. The van der Waals surface area contributed by atoms with E-state index >= 15 is 0 Å². The van der Waals surface area contributed by atoms with Crippen LogP contribution in [0.15, 0.2) is 0 Å². The van der Waals surface area contributed by atoms with Gasteiger partial charge in [-0.15, -0.1) is 0 Å². The number of aliphatic hydroxyl groups is 9. The van der Waals surface area contributed by atoms with Gasteiger partial charge in [0.05, 0.1) is 24.9 Å². The van der Waals surface area contributed by atoms with Crippen LogP contribution in [0.25, 0.3) is 0 Å². The van der Waals surface area contributed by atoms with Crippen LogP contribution in [0.5, 0.6) is 0 Å². The summed E-state index contributed by atoms with van der Waals surface area (Å²) in [7, 11) is 0. The van der Waals surface area contributed by atoms with Crippen molar-refractivity contribution in [2.45, 2.75) is 55.6 Å². The summed E-state index contributed by atoms with van der Waals surface area (Å²) >= 11 is 0. The smallest absolute Gasteiger partial charge is 0.111 e. The van der Waals surface area contributed by atoms with Gasteiger partial charge < -0.3 is 46.0 Å². The average Bonchev–Trinajstić information content (AvgIpc) is 2.77. The topological polar surface area (TPSA) is 182 Å². The first-order valence-corrected chi connectivity index (χ1v) is 7.22. The van der Waals surface area contributed by atoms with Crippen molar-refractivity contribution in [1.29, 1.82) is 0 Å². The lowest BCUT2D eigenvalue weighted by Gasteiger charge is -2.30. The van der Waals surface area contributed by atoms with Crippen molar-refractivity contribution < 1.29 is 46.0 Å². The Bertz CT molecular complexity index is 329. The van der Waals surface area contributed by atoms with Crippen molar-refractivity contribution in [3.63, 3.8) is 0 Å². The number of aliphatic hydroxyl groups excluding tert-OH is 9. The van der Waals surface area contributed by atoms with Gasteiger partial charge in [0.2, 0.25) is 0 Å². The normalized spacial score (nSPS) is 35.9. The van der Waals surface area contributed by atoms with Gasteiger partial charge in [0, 0.05) is 12.5 Å².